The highest BCUT2D eigenvalue weighted by molar-refractivity contribution is 5.94. The first-order valence-corrected chi connectivity index (χ1v) is 5.49. The number of carbonyl (C=O) groups excluding carboxylic acids is 1. The molecule has 0 radical (unpaired) electrons. The van der Waals surface area contributed by atoms with Crippen LogP contribution in [0.3, 0.4) is 0 Å². The van der Waals surface area contributed by atoms with E-state index in [2.05, 4.69) is 10.3 Å². The molecule has 0 spiro atoms. The van der Waals surface area contributed by atoms with Crippen molar-refractivity contribution in [3.8, 4) is 5.75 Å². The summed E-state index contributed by atoms with van der Waals surface area (Å²) in [6.45, 7) is 4.30. The predicted octanol–water partition coefficient (Wildman–Crippen LogP) is 1.40. The van der Waals surface area contributed by atoms with Gasteiger partial charge in [-0.3, -0.25) is 9.20 Å². The van der Waals surface area contributed by atoms with Crippen molar-refractivity contribution in [2.45, 2.75) is 13.8 Å². The van der Waals surface area contributed by atoms with E-state index in [-0.39, 0.29) is 5.91 Å². The predicted molar refractivity (Wildman–Crippen MR) is 64.5 cm³/mol. The second-order valence-electron chi connectivity index (χ2n) is 3.68. The lowest BCUT2D eigenvalue weighted by molar-refractivity contribution is 0.0949. The van der Waals surface area contributed by atoms with Crippen molar-refractivity contribution in [2.24, 2.45) is 0 Å². The number of aromatic nitrogens is 2. The molecule has 2 aromatic rings. The molecule has 0 unspecified atom stereocenters. The molecule has 90 valence electrons. The van der Waals surface area contributed by atoms with Crippen molar-refractivity contribution in [3.05, 3.63) is 29.7 Å². The Morgan fingerprint density at radius 1 is 1.59 bits per heavy atom. The topological polar surface area (TPSA) is 55.6 Å². The third-order valence-corrected chi connectivity index (χ3v) is 2.56. The molecule has 0 aliphatic carbocycles. The monoisotopic (exact) mass is 233 g/mol. The van der Waals surface area contributed by atoms with Gasteiger partial charge in [-0.05, 0) is 26.0 Å². The third kappa shape index (κ3) is 1.84. The molecule has 0 saturated heterocycles. The van der Waals surface area contributed by atoms with Gasteiger partial charge < -0.3 is 10.1 Å². The van der Waals surface area contributed by atoms with Crippen LogP contribution in [0.15, 0.2) is 18.3 Å². The molecular weight excluding hydrogens is 218 g/mol. The summed E-state index contributed by atoms with van der Waals surface area (Å²) in [5, 5.41) is 2.78. The maximum atomic E-state index is 11.9. The summed E-state index contributed by atoms with van der Waals surface area (Å²) in [6.07, 6.45) is 1.81. The SMILES string of the molecule is CCNC(=O)c1c(C)nc2c(OC)cccn12. The number of fused-ring (bicyclic) bond motifs is 1. The van der Waals surface area contributed by atoms with Crippen molar-refractivity contribution in [3.63, 3.8) is 0 Å². The van der Waals surface area contributed by atoms with E-state index < -0.39 is 0 Å². The van der Waals surface area contributed by atoms with Crippen LogP contribution in [0.4, 0.5) is 0 Å². The van der Waals surface area contributed by atoms with Crippen LogP contribution in [0.2, 0.25) is 0 Å². The van der Waals surface area contributed by atoms with Gasteiger partial charge in [0.15, 0.2) is 11.4 Å². The summed E-state index contributed by atoms with van der Waals surface area (Å²) in [4.78, 5) is 16.3. The lowest BCUT2D eigenvalue weighted by Gasteiger charge is -2.04. The first-order chi connectivity index (χ1) is 8.19. The number of amides is 1. The first kappa shape index (κ1) is 11.4. The highest BCUT2D eigenvalue weighted by Crippen LogP contribution is 2.21. The average molecular weight is 233 g/mol. The van der Waals surface area contributed by atoms with Gasteiger partial charge in [-0.25, -0.2) is 4.98 Å². The van der Waals surface area contributed by atoms with Crippen molar-refractivity contribution >= 4 is 11.6 Å². The zero-order chi connectivity index (χ0) is 12.4. The molecule has 0 aliphatic rings. The molecule has 17 heavy (non-hydrogen) atoms. The Morgan fingerprint density at radius 3 is 3.00 bits per heavy atom. The summed E-state index contributed by atoms with van der Waals surface area (Å²) >= 11 is 0. The van der Waals surface area contributed by atoms with Crippen molar-refractivity contribution in [2.75, 3.05) is 13.7 Å². The lowest BCUT2D eigenvalue weighted by Crippen LogP contribution is -2.24. The van der Waals surface area contributed by atoms with Gasteiger partial charge in [0.05, 0.1) is 12.8 Å². The van der Waals surface area contributed by atoms with Crippen LogP contribution in [-0.2, 0) is 0 Å². The fraction of sp³-hybridized carbons (Fsp3) is 0.333. The van der Waals surface area contributed by atoms with Crippen LogP contribution in [0.5, 0.6) is 5.75 Å². The zero-order valence-corrected chi connectivity index (χ0v) is 10.2. The van der Waals surface area contributed by atoms with Crippen LogP contribution >= 0.6 is 0 Å². The Balaban J connectivity index is 2.64. The Bertz CT molecular complexity index is 560. The van der Waals surface area contributed by atoms with Gasteiger partial charge >= 0.3 is 0 Å². The van der Waals surface area contributed by atoms with Crippen LogP contribution < -0.4 is 10.1 Å². The largest absolute Gasteiger partial charge is 0.493 e. The molecule has 2 rings (SSSR count). The van der Waals surface area contributed by atoms with Gasteiger partial charge in [-0.2, -0.15) is 0 Å². The fourth-order valence-electron chi connectivity index (χ4n) is 1.83. The Morgan fingerprint density at radius 2 is 2.35 bits per heavy atom. The van der Waals surface area contributed by atoms with Gasteiger partial charge in [0.25, 0.3) is 5.91 Å². The molecule has 5 nitrogen and oxygen atoms in total. The molecule has 1 amide bonds. The molecule has 0 atom stereocenters. The standard InChI is InChI=1S/C12H15N3O2/c1-4-13-12(16)10-8(2)14-11-9(17-3)6-5-7-15(10)11/h5-7H,4H2,1-3H3,(H,13,16). The molecule has 0 aliphatic heterocycles. The maximum absolute atomic E-state index is 11.9. The number of nitrogens with one attached hydrogen (secondary N) is 1. The number of carbonyl (C=O) groups is 1. The summed E-state index contributed by atoms with van der Waals surface area (Å²) in [7, 11) is 1.59. The molecule has 0 aromatic carbocycles. The minimum Gasteiger partial charge on any atom is -0.493 e. The quantitative estimate of drug-likeness (QED) is 0.871. The first-order valence-electron chi connectivity index (χ1n) is 5.49. The van der Waals surface area contributed by atoms with Crippen molar-refractivity contribution in [1.82, 2.24) is 14.7 Å². The van der Waals surface area contributed by atoms with E-state index in [9.17, 15) is 4.79 Å². The fourth-order valence-corrected chi connectivity index (χ4v) is 1.83. The smallest absolute Gasteiger partial charge is 0.270 e. The van der Waals surface area contributed by atoms with E-state index in [0.29, 0.717) is 29.3 Å². The number of rotatable bonds is 3. The van der Waals surface area contributed by atoms with Crippen molar-refractivity contribution < 1.29 is 9.53 Å². The number of hydrogen-bond donors (Lipinski definition) is 1. The van der Waals surface area contributed by atoms with Gasteiger partial charge in [-0.15, -0.1) is 0 Å². The van der Waals surface area contributed by atoms with E-state index in [1.807, 2.05) is 32.2 Å². The van der Waals surface area contributed by atoms with Crippen LogP contribution in [-0.4, -0.2) is 28.9 Å². The number of hydrogen-bond acceptors (Lipinski definition) is 3. The summed E-state index contributed by atoms with van der Waals surface area (Å²) < 4.78 is 6.97. The maximum Gasteiger partial charge on any atom is 0.270 e. The lowest BCUT2D eigenvalue weighted by atomic mass is 10.3. The summed E-state index contributed by atoms with van der Waals surface area (Å²) in [6, 6.07) is 3.65. The van der Waals surface area contributed by atoms with E-state index in [4.69, 9.17) is 4.74 Å². The zero-order valence-electron chi connectivity index (χ0n) is 10.2. The van der Waals surface area contributed by atoms with Crippen LogP contribution in [0, 0.1) is 6.92 Å². The van der Waals surface area contributed by atoms with E-state index >= 15 is 0 Å². The van der Waals surface area contributed by atoms with E-state index in [0.717, 1.165) is 0 Å². The van der Waals surface area contributed by atoms with E-state index in [1.165, 1.54) is 0 Å². The highest BCUT2D eigenvalue weighted by atomic mass is 16.5. The molecule has 2 aromatic heterocycles. The van der Waals surface area contributed by atoms with Gasteiger partial charge in [0.2, 0.25) is 0 Å². The molecule has 2 heterocycles. The Kier molecular flexibility index (Phi) is 2.99. The van der Waals surface area contributed by atoms with Gasteiger partial charge in [-0.1, -0.05) is 0 Å². The molecule has 1 N–H and O–H groups in total. The Labute approximate surface area is 99.4 Å². The number of ether oxygens (including phenoxy) is 1. The average Bonchev–Trinajstić information content (AvgIpc) is 2.65. The number of methoxy groups -OCH3 is 1. The van der Waals surface area contributed by atoms with Crippen LogP contribution in [0.1, 0.15) is 23.1 Å². The minimum atomic E-state index is -0.120. The van der Waals surface area contributed by atoms with Gasteiger partial charge in [0.1, 0.15) is 5.69 Å². The second-order valence-corrected chi connectivity index (χ2v) is 3.68. The van der Waals surface area contributed by atoms with E-state index in [1.54, 1.807) is 11.5 Å². The summed E-state index contributed by atoms with van der Waals surface area (Å²) in [5.41, 5.74) is 1.91. The number of aryl methyl sites for hydroxylation is 1. The normalized spacial score (nSPS) is 10.5. The number of pyridine rings is 1. The second kappa shape index (κ2) is 4.45. The molecule has 0 fully saturated rings. The van der Waals surface area contributed by atoms with Crippen molar-refractivity contribution in [1.29, 1.82) is 0 Å². The van der Waals surface area contributed by atoms with Crippen LogP contribution in [0.25, 0.3) is 5.65 Å². The van der Waals surface area contributed by atoms with Gasteiger partial charge in [0, 0.05) is 12.7 Å². The minimum absolute atomic E-state index is 0.120. The molecular formula is C12H15N3O2. The molecule has 0 bridgehead atoms. The molecule has 5 heteroatoms. The number of imidazole rings is 1. The Hall–Kier alpha value is -2.04. The third-order valence-electron chi connectivity index (χ3n) is 2.56. The number of nitrogens with zero attached hydrogens (tertiary/aromatic N) is 2. The summed E-state index contributed by atoms with van der Waals surface area (Å²) in [5.74, 6) is 0.539. The molecule has 0 saturated carbocycles. The highest BCUT2D eigenvalue weighted by Gasteiger charge is 2.17.